The van der Waals surface area contributed by atoms with Crippen LogP contribution in [-0.4, -0.2) is 13.5 Å². The highest BCUT2D eigenvalue weighted by molar-refractivity contribution is 5.46. The summed E-state index contributed by atoms with van der Waals surface area (Å²) in [5.41, 5.74) is 1.03. The van der Waals surface area contributed by atoms with Crippen LogP contribution in [0, 0.1) is 0 Å². The summed E-state index contributed by atoms with van der Waals surface area (Å²) in [5, 5.41) is 2.58. The quantitative estimate of drug-likeness (QED) is 0.674. The van der Waals surface area contributed by atoms with Crippen molar-refractivity contribution in [1.29, 1.82) is 0 Å². The van der Waals surface area contributed by atoms with Gasteiger partial charge >= 0.3 is 0 Å². The average Bonchev–Trinajstić information content (AvgIpc) is 2.15. The van der Waals surface area contributed by atoms with Crippen molar-refractivity contribution in [2.45, 2.75) is 6.54 Å². The molecular weight excluding hydrogens is 154 g/mol. The summed E-state index contributed by atoms with van der Waals surface area (Å²) in [4.78, 5) is 9.99. The number of ether oxygens (including phenoxy) is 1. The van der Waals surface area contributed by atoms with Gasteiger partial charge < -0.3 is 10.1 Å². The Morgan fingerprint density at radius 2 is 2.42 bits per heavy atom. The van der Waals surface area contributed by atoms with Crippen LogP contribution in [-0.2, 0) is 11.3 Å². The molecule has 0 saturated carbocycles. The van der Waals surface area contributed by atoms with Gasteiger partial charge in [-0.15, -0.1) is 0 Å². The second-order valence-corrected chi connectivity index (χ2v) is 2.35. The number of carbonyl (C=O) groups excluding carboxylic acids is 1. The van der Waals surface area contributed by atoms with Crippen LogP contribution in [0.3, 0.4) is 0 Å². The lowest BCUT2D eigenvalue weighted by Gasteiger charge is -2.02. The molecule has 0 heterocycles. The summed E-state index contributed by atoms with van der Waals surface area (Å²) in [6.45, 7) is 0.542. The highest BCUT2D eigenvalue weighted by Gasteiger charge is 1.93. The van der Waals surface area contributed by atoms with E-state index in [0.717, 1.165) is 11.3 Å². The molecule has 1 amide bonds. The minimum absolute atomic E-state index is 0.542. The van der Waals surface area contributed by atoms with Crippen molar-refractivity contribution in [2.24, 2.45) is 0 Å². The van der Waals surface area contributed by atoms with Gasteiger partial charge in [0.25, 0.3) is 0 Å². The molecule has 0 fully saturated rings. The third-order valence-corrected chi connectivity index (χ3v) is 1.52. The van der Waals surface area contributed by atoms with E-state index >= 15 is 0 Å². The molecule has 0 atom stereocenters. The average molecular weight is 165 g/mol. The molecule has 1 aromatic rings. The van der Waals surface area contributed by atoms with Crippen molar-refractivity contribution in [1.82, 2.24) is 5.32 Å². The summed E-state index contributed by atoms with van der Waals surface area (Å²) >= 11 is 0. The van der Waals surface area contributed by atoms with Gasteiger partial charge in [0.2, 0.25) is 6.41 Å². The second-order valence-electron chi connectivity index (χ2n) is 2.35. The van der Waals surface area contributed by atoms with Crippen molar-refractivity contribution in [3.63, 3.8) is 0 Å². The number of carbonyl (C=O) groups is 1. The van der Waals surface area contributed by atoms with Gasteiger partial charge in [0.1, 0.15) is 5.75 Å². The molecule has 0 bridgehead atoms. The summed E-state index contributed by atoms with van der Waals surface area (Å²) in [6, 6.07) is 7.57. The number of hydrogen-bond acceptors (Lipinski definition) is 2. The molecule has 1 rings (SSSR count). The minimum atomic E-state index is 0.542. The van der Waals surface area contributed by atoms with Crippen molar-refractivity contribution < 1.29 is 9.53 Å². The van der Waals surface area contributed by atoms with Gasteiger partial charge in [-0.3, -0.25) is 4.79 Å². The summed E-state index contributed by atoms with van der Waals surface area (Å²) in [6.07, 6.45) is 0.680. The molecule has 0 saturated heterocycles. The first kappa shape index (κ1) is 8.59. The highest BCUT2D eigenvalue weighted by atomic mass is 16.5. The third kappa shape index (κ3) is 2.27. The van der Waals surface area contributed by atoms with Gasteiger partial charge in [0.05, 0.1) is 7.11 Å². The Kier molecular flexibility index (Phi) is 3.14. The molecule has 1 aromatic carbocycles. The predicted molar refractivity (Wildman–Crippen MR) is 45.9 cm³/mol. The molecule has 64 valence electrons. The number of rotatable bonds is 4. The Labute approximate surface area is 71.4 Å². The molecule has 3 nitrogen and oxygen atoms in total. The molecule has 12 heavy (non-hydrogen) atoms. The van der Waals surface area contributed by atoms with E-state index in [1.54, 1.807) is 7.11 Å². The Balaban J connectivity index is 2.65. The van der Waals surface area contributed by atoms with Gasteiger partial charge in [-0.2, -0.15) is 0 Å². The highest BCUT2D eigenvalue weighted by Crippen LogP contribution is 2.11. The molecule has 1 N–H and O–H groups in total. The standard InChI is InChI=1S/C9H11NO2/c1-12-9-4-2-3-8(5-9)6-10-7-11/h2-5,7H,6H2,1H3,(H,10,11). The van der Waals surface area contributed by atoms with Gasteiger partial charge in [0, 0.05) is 6.54 Å². The number of amides is 1. The van der Waals surface area contributed by atoms with Crippen molar-refractivity contribution in [3.8, 4) is 5.75 Å². The van der Waals surface area contributed by atoms with Crippen LogP contribution in [0.5, 0.6) is 5.75 Å². The fourth-order valence-corrected chi connectivity index (χ4v) is 0.942. The second kappa shape index (κ2) is 4.38. The normalized spacial score (nSPS) is 9.08. The maximum Gasteiger partial charge on any atom is 0.207 e. The number of methoxy groups -OCH3 is 1. The number of nitrogens with one attached hydrogen (secondary N) is 1. The maximum atomic E-state index is 9.99. The molecule has 0 aliphatic heterocycles. The van der Waals surface area contributed by atoms with Crippen LogP contribution in [0.15, 0.2) is 24.3 Å². The molecule has 0 spiro atoms. The fourth-order valence-electron chi connectivity index (χ4n) is 0.942. The van der Waals surface area contributed by atoms with Crippen LogP contribution >= 0.6 is 0 Å². The molecule has 0 radical (unpaired) electrons. The number of hydrogen-bond donors (Lipinski definition) is 1. The first-order valence-corrected chi connectivity index (χ1v) is 3.67. The van der Waals surface area contributed by atoms with E-state index in [1.807, 2.05) is 24.3 Å². The molecule has 0 aliphatic carbocycles. The fraction of sp³-hybridized carbons (Fsp3) is 0.222. The van der Waals surface area contributed by atoms with Crippen LogP contribution in [0.25, 0.3) is 0 Å². The summed E-state index contributed by atoms with van der Waals surface area (Å²) in [5.74, 6) is 0.806. The van der Waals surface area contributed by atoms with E-state index in [0.29, 0.717) is 13.0 Å². The molecule has 0 aliphatic rings. The van der Waals surface area contributed by atoms with Crippen LogP contribution < -0.4 is 10.1 Å². The zero-order valence-electron chi connectivity index (χ0n) is 6.91. The Hall–Kier alpha value is -1.51. The summed E-state index contributed by atoms with van der Waals surface area (Å²) in [7, 11) is 1.62. The van der Waals surface area contributed by atoms with Crippen molar-refractivity contribution in [2.75, 3.05) is 7.11 Å². The maximum absolute atomic E-state index is 9.99. The third-order valence-electron chi connectivity index (χ3n) is 1.52. The molecular formula is C9H11NO2. The monoisotopic (exact) mass is 165 g/mol. The largest absolute Gasteiger partial charge is 0.497 e. The summed E-state index contributed by atoms with van der Waals surface area (Å²) < 4.78 is 5.02. The first-order chi connectivity index (χ1) is 5.86. The van der Waals surface area contributed by atoms with E-state index in [9.17, 15) is 4.79 Å². The first-order valence-electron chi connectivity index (χ1n) is 3.67. The Morgan fingerprint density at radius 1 is 1.58 bits per heavy atom. The Bertz CT molecular complexity index is 260. The van der Waals surface area contributed by atoms with Crippen LogP contribution in [0.1, 0.15) is 5.56 Å². The number of benzene rings is 1. The lowest BCUT2D eigenvalue weighted by Crippen LogP contribution is -2.09. The lowest BCUT2D eigenvalue weighted by atomic mass is 10.2. The molecule has 3 heteroatoms. The van der Waals surface area contributed by atoms with Gasteiger partial charge in [-0.25, -0.2) is 0 Å². The van der Waals surface area contributed by atoms with E-state index in [-0.39, 0.29) is 0 Å². The molecule has 0 aromatic heterocycles. The van der Waals surface area contributed by atoms with Crippen LogP contribution in [0.4, 0.5) is 0 Å². The van der Waals surface area contributed by atoms with E-state index in [4.69, 9.17) is 4.74 Å². The van der Waals surface area contributed by atoms with Gasteiger partial charge in [0.15, 0.2) is 0 Å². The van der Waals surface area contributed by atoms with E-state index < -0.39 is 0 Å². The smallest absolute Gasteiger partial charge is 0.207 e. The van der Waals surface area contributed by atoms with E-state index in [2.05, 4.69) is 5.32 Å². The van der Waals surface area contributed by atoms with Crippen LogP contribution in [0.2, 0.25) is 0 Å². The van der Waals surface area contributed by atoms with Gasteiger partial charge in [-0.05, 0) is 17.7 Å². The minimum Gasteiger partial charge on any atom is -0.497 e. The zero-order chi connectivity index (χ0) is 8.81. The SMILES string of the molecule is COc1cccc(CNC=O)c1. The van der Waals surface area contributed by atoms with E-state index in [1.165, 1.54) is 0 Å². The lowest BCUT2D eigenvalue weighted by molar-refractivity contribution is -0.109. The predicted octanol–water partition coefficient (Wildman–Crippen LogP) is 0.941. The zero-order valence-corrected chi connectivity index (χ0v) is 6.91. The van der Waals surface area contributed by atoms with Crippen molar-refractivity contribution in [3.05, 3.63) is 29.8 Å². The topological polar surface area (TPSA) is 38.3 Å². The molecule has 0 unspecified atom stereocenters. The van der Waals surface area contributed by atoms with Crippen molar-refractivity contribution >= 4 is 6.41 Å². The van der Waals surface area contributed by atoms with Gasteiger partial charge in [-0.1, -0.05) is 12.1 Å². The Morgan fingerprint density at radius 3 is 3.08 bits per heavy atom.